The summed E-state index contributed by atoms with van der Waals surface area (Å²) in [6.45, 7) is -0.242. The average molecular weight is 437 g/mol. The molecule has 0 saturated heterocycles. The standard InChI is InChI=1S/C19H21BrN2O3S/c1-26(24,25)22(16-9-5-8-15(20)12-16)13-19(23)21-18-11-4-7-14-6-2-3-10-17(14)18/h2-3,5-6,8-10,12,18H,4,7,11,13H2,1H3,(H,21,23)/t18-/m0/s1. The predicted molar refractivity (Wildman–Crippen MR) is 107 cm³/mol. The summed E-state index contributed by atoms with van der Waals surface area (Å²) in [6, 6.07) is 14.9. The van der Waals surface area contributed by atoms with Crippen LogP contribution in [0.25, 0.3) is 0 Å². The van der Waals surface area contributed by atoms with Gasteiger partial charge in [-0.3, -0.25) is 9.10 Å². The Morgan fingerprint density at radius 2 is 2.00 bits per heavy atom. The third kappa shape index (κ3) is 4.45. The van der Waals surface area contributed by atoms with Crippen LogP contribution >= 0.6 is 15.9 Å². The lowest BCUT2D eigenvalue weighted by Gasteiger charge is -2.28. The molecule has 2 aromatic rings. The molecule has 0 fully saturated rings. The summed E-state index contributed by atoms with van der Waals surface area (Å²) < 4.78 is 26.3. The molecule has 1 aliphatic rings. The van der Waals surface area contributed by atoms with Crippen molar-refractivity contribution in [2.24, 2.45) is 0 Å². The molecule has 0 spiro atoms. The number of nitrogens with zero attached hydrogens (tertiary/aromatic N) is 1. The third-order valence-corrected chi connectivity index (χ3v) is 6.12. The van der Waals surface area contributed by atoms with Crippen molar-refractivity contribution in [1.29, 1.82) is 0 Å². The highest BCUT2D eigenvalue weighted by Gasteiger charge is 2.25. The van der Waals surface area contributed by atoms with Gasteiger partial charge in [0, 0.05) is 4.47 Å². The van der Waals surface area contributed by atoms with Gasteiger partial charge in [-0.2, -0.15) is 0 Å². The van der Waals surface area contributed by atoms with Crippen molar-refractivity contribution in [2.45, 2.75) is 25.3 Å². The van der Waals surface area contributed by atoms with E-state index in [4.69, 9.17) is 0 Å². The van der Waals surface area contributed by atoms with Crippen LogP contribution in [0.2, 0.25) is 0 Å². The van der Waals surface area contributed by atoms with Gasteiger partial charge in [0.25, 0.3) is 0 Å². The molecular weight excluding hydrogens is 416 g/mol. The van der Waals surface area contributed by atoms with E-state index >= 15 is 0 Å². The van der Waals surface area contributed by atoms with Gasteiger partial charge >= 0.3 is 0 Å². The normalized spacial score (nSPS) is 16.6. The van der Waals surface area contributed by atoms with E-state index in [1.54, 1.807) is 18.2 Å². The van der Waals surface area contributed by atoms with E-state index in [9.17, 15) is 13.2 Å². The fourth-order valence-corrected chi connectivity index (χ4v) is 4.54. The number of carbonyl (C=O) groups excluding carboxylic acids is 1. The molecular formula is C19H21BrN2O3S. The van der Waals surface area contributed by atoms with Crippen molar-refractivity contribution in [3.05, 3.63) is 64.1 Å². The number of nitrogens with one attached hydrogen (secondary N) is 1. The van der Waals surface area contributed by atoms with Gasteiger partial charge in [-0.15, -0.1) is 0 Å². The van der Waals surface area contributed by atoms with Gasteiger partial charge in [-0.25, -0.2) is 8.42 Å². The summed E-state index contributed by atoms with van der Waals surface area (Å²) in [6.07, 6.45) is 3.98. The number of sulfonamides is 1. The molecule has 0 bridgehead atoms. The molecule has 2 aromatic carbocycles. The van der Waals surface area contributed by atoms with E-state index < -0.39 is 10.0 Å². The van der Waals surface area contributed by atoms with Gasteiger partial charge in [0.15, 0.2) is 0 Å². The summed E-state index contributed by atoms with van der Waals surface area (Å²) in [5.74, 6) is -0.308. The number of hydrogen-bond donors (Lipinski definition) is 1. The number of hydrogen-bond acceptors (Lipinski definition) is 3. The van der Waals surface area contributed by atoms with Crippen LogP contribution in [0.3, 0.4) is 0 Å². The van der Waals surface area contributed by atoms with Crippen LogP contribution in [0.1, 0.15) is 30.0 Å². The highest BCUT2D eigenvalue weighted by Crippen LogP contribution is 2.29. The molecule has 1 aliphatic carbocycles. The molecule has 1 amide bonds. The molecule has 138 valence electrons. The Bertz CT molecular complexity index is 915. The van der Waals surface area contributed by atoms with Crippen molar-refractivity contribution in [1.82, 2.24) is 5.32 Å². The molecule has 7 heteroatoms. The molecule has 1 atom stereocenters. The molecule has 1 N–H and O–H groups in total. The SMILES string of the molecule is CS(=O)(=O)N(CC(=O)N[C@H]1CCCc2ccccc21)c1cccc(Br)c1. The zero-order valence-electron chi connectivity index (χ0n) is 14.5. The lowest BCUT2D eigenvalue weighted by molar-refractivity contribution is -0.120. The Balaban J connectivity index is 1.77. The van der Waals surface area contributed by atoms with E-state index in [0.717, 1.165) is 39.9 Å². The fourth-order valence-electron chi connectivity index (χ4n) is 3.31. The maximum absolute atomic E-state index is 12.6. The smallest absolute Gasteiger partial charge is 0.241 e. The van der Waals surface area contributed by atoms with Crippen molar-refractivity contribution in [2.75, 3.05) is 17.1 Å². The van der Waals surface area contributed by atoms with Gasteiger partial charge in [-0.05, 0) is 48.6 Å². The number of carbonyl (C=O) groups is 1. The number of rotatable bonds is 5. The molecule has 3 rings (SSSR count). The minimum Gasteiger partial charge on any atom is -0.348 e. The minimum atomic E-state index is -3.58. The van der Waals surface area contributed by atoms with Gasteiger partial charge in [-0.1, -0.05) is 46.3 Å². The molecule has 0 saturated carbocycles. The molecule has 0 unspecified atom stereocenters. The highest BCUT2D eigenvalue weighted by atomic mass is 79.9. The number of halogens is 1. The summed E-state index contributed by atoms with van der Waals surface area (Å²) in [4.78, 5) is 12.6. The topological polar surface area (TPSA) is 66.5 Å². The summed E-state index contributed by atoms with van der Waals surface area (Å²) >= 11 is 3.34. The second kappa shape index (κ2) is 7.80. The second-order valence-corrected chi connectivity index (χ2v) is 9.28. The van der Waals surface area contributed by atoms with E-state index in [0.29, 0.717) is 5.69 Å². The van der Waals surface area contributed by atoms with Crippen LogP contribution in [0.5, 0.6) is 0 Å². The lowest BCUT2D eigenvalue weighted by Crippen LogP contribution is -2.42. The maximum Gasteiger partial charge on any atom is 0.241 e. The molecule has 0 aliphatic heterocycles. The zero-order chi connectivity index (χ0) is 18.7. The zero-order valence-corrected chi connectivity index (χ0v) is 16.9. The average Bonchev–Trinajstić information content (AvgIpc) is 2.59. The quantitative estimate of drug-likeness (QED) is 0.780. The fraction of sp³-hybridized carbons (Fsp3) is 0.316. The second-order valence-electron chi connectivity index (χ2n) is 6.46. The lowest BCUT2D eigenvalue weighted by atomic mass is 9.88. The van der Waals surface area contributed by atoms with E-state index in [1.807, 2.05) is 24.3 Å². The summed E-state index contributed by atoms with van der Waals surface area (Å²) in [7, 11) is -3.58. The molecule has 0 aromatic heterocycles. The van der Waals surface area contributed by atoms with Crippen LogP contribution in [0.15, 0.2) is 53.0 Å². The van der Waals surface area contributed by atoms with Crippen LogP contribution in [0, 0.1) is 0 Å². The highest BCUT2D eigenvalue weighted by molar-refractivity contribution is 9.10. The van der Waals surface area contributed by atoms with E-state index in [1.165, 1.54) is 5.56 Å². The Labute approximate surface area is 162 Å². The first kappa shape index (κ1) is 18.9. The van der Waals surface area contributed by atoms with Gasteiger partial charge < -0.3 is 5.32 Å². The number of aryl methyl sites for hydroxylation is 1. The van der Waals surface area contributed by atoms with E-state index in [-0.39, 0.29) is 18.5 Å². The Morgan fingerprint density at radius 1 is 1.23 bits per heavy atom. The number of anilines is 1. The molecule has 26 heavy (non-hydrogen) atoms. The van der Waals surface area contributed by atoms with Crippen LogP contribution in [-0.2, 0) is 21.2 Å². The van der Waals surface area contributed by atoms with Gasteiger partial charge in [0.05, 0.1) is 18.0 Å². The molecule has 0 radical (unpaired) electrons. The van der Waals surface area contributed by atoms with Crippen molar-refractivity contribution in [3.8, 4) is 0 Å². The van der Waals surface area contributed by atoms with Gasteiger partial charge in [0.2, 0.25) is 15.9 Å². The van der Waals surface area contributed by atoms with Crippen molar-refractivity contribution in [3.63, 3.8) is 0 Å². The number of benzene rings is 2. The van der Waals surface area contributed by atoms with E-state index in [2.05, 4.69) is 27.3 Å². The van der Waals surface area contributed by atoms with Crippen molar-refractivity contribution >= 4 is 37.5 Å². The van der Waals surface area contributed by atoms with Crippen LogP contribution in [-0.4, -0.2) is 27.1 Å². The predicted octanol–water partition coefficient (Wildman–Crippen LogP) is 3.41. The summed E-state index contributed by atoms with van der Waals surface area (Å²) in [5, 5.41) is 3.01. The summed E-state index contributed by atoms with van der Waals surface area (Å²) in [5.41, 5.74) is 2.83. The number of fused-ring (bicyclic) bond motifs is 1. The molecule has 5 nitrogen and oxygen atoms in total. The third-order valence-electron chi connectivity index (χ3n) is 4.49. The number of amides is 1. The maximum atomic E-state index is 12.6. The Hall–Kier alpha value is -1.86. The first-order valence-corrected chi connectivity index (χ1v) is 11.1. The van der Waals surface area contributed by atoms with Crippen molar-refractivity contribution < 1.29 is 13.2 Å². The largest absolute Gasteiger partial charge is 0.348 e. The Morgan fingerprint density at radius 3 is 2.73 bits per heavy atom. The first-order valence-electron chi connectivity index (χ1n) is 8.45. The monoisotopic (exact) mass is 436 g/mol. The van der Waals surface area contributed by atoms with Gasteiger partial charge in [0.1, 0.15) is 6.54 Å². The first-order chi connectivity index (χ1) is 12.3. The van der Waals surface area contributed by atoms with Crippen LogP contribution < -0.4 is 9.62 Å². The molecule has 0 heterocycles. The van der Waals surface area contributed by atoms with Crippen LogP contribution in [0.4, 0.5) is 5.69 Å². The minimum absolute atomic E-state index is 0.0728. The Kier molecular flexibility index (Phi) is 5.67.